The van der Waals surface area contributed by atoms with E-state index in [-0.39, 0.29) is 12.3 Å². The van der Waals surface area contributed by atoms with Crippen LogP contribution >= 0.6 is 15.9 Å². The second kappa shape index (κ2) is 7.02. The maximum Gasteiger partial charge on any atom is 0.245 e. The van der Waals surface area contributed by atoms with Gasteiger partial charge in [0.15, 0.2) is 5.79 Å². The molecule has 114 valence electrons. The second-order valence-corrected chi connectivity index (χ2v) is 5.60. The molecule has 6 nitrogen and oxygen atoms in total. The predicted octanol–water partition coefficient (Wildman–Crippen LogP) is 2.06. The molecule has 0 bridgehead atoms. The average Bonchev–Trinajstić information content (AvgIpc) is 2.85. The van der Waals surface area contributed by atoms with Gasteiger partial charge in [0, 0.05) is 10.0 Å². The molecule has 2 rings (SSSR count). The van der Waals surface area contributed by atoms with Gasteiger partial charge in [0.25, 0.3) is 0 Å². The van der Waals surface area contributed by atoms with E-state index in [4.69, 9.17) is 14.2 Å². The largest absolute Gasteiger partial charge is 0.496 e. The Balaban J connectivity index is 1.93. The lowest BCUT2D eigenvalue weighted by Crippen LogP contribution is -2.33. The van der Waals surface area contributed by atoms with E-state index in [9.17, 15) is 4.79 Å². The van der Waals surface area contributed by atoms with Crippen molar-refractivity contribution in [3.63, 3.8) is 0 Å². The number of amides is 1. The van der Waals surface area contributed by atoms with Gasteiger partial charge in [0.1, 0.15) is 5.75 Å². The van der Waals surface area contributed by atoms with Crippen molar-refractivity contribution < 1.29 is 19.0 Å². The number of nitrogens with zero attached hydrogens (tertiary/aromatic N) is 1. The molecule has 1 aromatic rings. The molecule has 0 spiro atoms. The van der Waals surface area contributed by atoms with Crippen molar-refractivity contribution in [2.75, 3.05) is 20.3 Å². The molecule has 1 fully saturated rings. The number of halogens is 1. The molecular formula is C14H17BrN2O4. The quantitative estimate of drug-likeness (QED) is 0.647. The van der Waals surface area contributed by atoms with Crippen LogP contribution in [0.4, 0.5) is 0 Å². The molecule has 1 amide bonds. The third kappa shape index (κ3) is 4.52. The average molecular weight is 357 g/mol. The van der Waals surface area contributed by atoms with Gasteiger partial charge >= 0.3 is 0 Å². The summed E-state index contributed by atoms with van der Waals surface area (Å²) in [6.45, 7) is 2.74. The summed E-state index contributed by atoms with van der Waals surface area (Å²) in [6, 6.07) is 5.53. The zero-order valence-electron chi connectivity index (χ0n) is 11.9. The Morgan fingerprint density at radius 2 is 2.24 bits per heavy atom. The lowest BCUT2D eigenvalue weighted by atomic mass is 10.2. The van der Waals surface area contributed by atoms with Gasteiger partial charge in [-0.25, -0.2) is 5.43 Å². The zero-order valence-corrected chi connectivity index (χ0v) is 13.5. The Bertz CT molecular complexity index is 542. The first-order valence-corrected chi connectivity index (χ1v) is 7.25. The van der Waals surface area contributed by atoms with Gasteiger partial charge in [-0.1, -0.05) is 15.9 Å². The SMILES string of the molecule is COc1ccc(Br)cc1/C=N\NC(=O)CC1(C)OCCO1. The third-order valence-electron chi connectivity index (χ3n) is 2.96. The number of hydrogen-bond donors (Lipinski definition) is 1. The van der Waals surface area contributed by atoms with Gasteiger partial charge in [-0.2, -0.15) is 5.10 Å². The van der Waals surface area contributed by atoms with E-state index >= 15 is 0 Å². The van der Waals surface area contributed by atoms with Gasteiger partial charge in [-0.05, 0) is 25.1 Å². The fourth-order valence-corrected chi connectivity index (χ4v) is 2.35. The van der Waals surface area contributed by atoms with Crippen LogP contribution in [0, 0.1) is 0 Å². The monoisotopic (exact) mass is 356 g/mol. The minimum Gasteiger partial charge on any atom is -0.496 e. The number of methoxy groups -OCH3 is 1. The maximum absolute atomic E-state index is 11.8. The highest BCUT2D eigenvalue weighted by molar-refractivity contribution is 9.10. The summed E-state index contributed by atoms with van der Waals surface area (Å²) in [7, 11) is 1.58. The molecule has 0 radical (unpaired) electrons. The highest BCUT2D eigenvalue weighted by Gasteiger charge is 2.33. The Morgan fingerprint density at radius 1 is 1.52 bits per heavy atom. The predicted molar refractivity (Wildman–Crippen MR) is 81.4 cm³/mol. The standard InChI is InChI=1S/C14H17BrN2O4/c1-14(20-5-6-21-14)8-13(18)17-16-9-10-7-11(15)3-4-12(10)19-2/h3-4,7,9H,5-6,8H2,1-2H3,(H,17,18)/b16-9-. The number of hydrazone groups is 1. The topological polar surface area (TPSA) is 69.2 Å². The Hall–Kier alpha value is -1.44. The molecule has 1 aromatic carbocycles. The lowest BCUT2D eigenvalue weighted by Gasteiger charge is -2.20. The highest BCUT2D eigenvalue weighted by Crippen LogP contribution is 2.22. The van der Waals surface area contributed by atoms with Crippen LogP contribution in [0.25, 0.3) is 0 Å². The third-order valence-corrected chi connectivity index (χ3v) is 3.46. The molecule has 1 saturated heterocycles. The maximum atomic E-state index is 11.8. The second-order valence-electron chi connectivity index (χ2n) is 4.69. The number of hydrogen-bond acceptors (Lipinski definition) is 5. The molecule has 0 atom stereocenters. The van der Waals surface area contributed by atoms with Crippen LogP contribution in [0.15, 0.2) is 27.8 Å². The zero-order chi connectivity index (χ0) is 15.3. The Labute approximate surface area is 131 Å². The van der Waals surface area contributed by atoms with Crippen molar-refractivity contribution in [1.29, 1.82) is 0 Å². The molecule has 7 heteroatoms. The molecule has 0 saturated carbocycles. The van der Waals surface area contributed by atoms with Crippen LogP contribution in [-0.2, 0) is 14.3 Å². The molecule has 0 aromatic heterocycles. The Kier molecular flexibility index (Phi) is 5.33. The van der Waals surface area contributed by atoms with E-state index in [1.165, 1.54) is 6.21 Å². The molecule has 21 heavy (non-hydrogen) atoms. The van der Waals surface area contributed by atoms with Crippen LogP contribution in [0.5, 0.6) is 5.75 Å². The first-order valence-electron chi connectivity index (χ1n) is 6.46. The van der Waals surface area contributed by atoms with E-state index in [0.29, 0.717) is 19.0 Å². The minimum absolute atomic E-state index is 0.0972. The molecule has 1 aliphatic heterocycles. The van der Waals surface area contributed by atoms with Gasteiger partial charge in [-0.3, -0.25) is 4.79 Å². The van der Waals surface area contributed by atoms with Crippen molar-refractivity contribution >= 4 is 28.1 Å². The smallest absolute Gasteiger partial charge is 0.245 e. The van der Waals surface area contributed by atoms with E-state index in [1.54, 1.807) is 14.0 Å². The normalized spacial score (nSPS) is 17.1. The summed E-state index contributed by atoms with van der Waals surface area (Å²) in [5, 5.41) is 3.93. The van der Waals surface area contributed by atoms with Crippen molar-refractivity contribution in [3.8, 4) is 5.75 Å². The first kappa shape index (κ1) is 15.9. The molecule has 1 heterocycles. The first-order chi connectivity index (χ1) is 10.0. The van der Waals surface area contributed by atoms with Crippen molar-refractivity contribution in [3.05, 3.63) is 28.2 Å². The summed E-state index contributed by atoms with van der Waals surface area (Å²) in [4.78, 5) is 11.8. The van der Waals surface area contributed by atoms with Gasteiger partial charge < -0.3 is 14.2 Å². The van der Waals surface area contributed by atoms with E-state index in [2.05, 4.69) is 26.5 Å². The summed E-state index contributed by atoms with van der Waals surface area (Å²) in [5.74, 6) is -0.456. The van der Waals surface area contributed by atoms with E-state index in [0.717, 1.165) is 10.0 Å². The Morgan fingerprint density at radius 3 is 2.90 bits per heavy atom. The molecule has 0 aliphatic carbocycles. The number of benzene rings is 1. The van der Waals surface area contributed by atoms with Crippen LogP contribution in [0.3, 0.4) is 0 Å². The van der Waals surface area contributed by atoms with E-state index in [1.807, 2.05) is 18.2 Å². The summed E-state index contributed by atoms with van der Waals surface area (Å²) >= 11 is 3.37. The van der Waals surface area contributed by atoms with Crippen LogP contribution < -0.4 is 10.2 Å². The van der Waals surface area contributed by atoms with Crippen molar-refractivity contribution in [2.45, 2.75) is 19.1 Å². The fraction of sp³-hybridized carbons (Fsp3) is 0.429. The van der Waals surface area contributed by atoms with Crippen LogP contribution in [0.2, 0.25) is 0 Å². The summed E-state index contributed by atoms with van der Waals surface area (Å²) < 4.78 is 16.8. The number of rotatable bonds is 5. The number of ether oxygens (including phenoxy) is 3. The minimum atomic E-state index is -0.854. The molecular weight excluding hydrogens is 340 g/mol. The van der Waals surface area contributed by atoms with Crippen LogP contribution in [-0.4, -0.2) is 38.2 Å². The van der Waals surface area contributed by atoms with Gasteiger partial charge in [-0.15, -0.1) is 0 Å². The molecule has 1 aliphatic rings. The van der Waals surface area contributed by atoms with Crippen molar-refractivity contribution in [1.82, 2.24) is 5.43 Å². The van der Waals surface area contributed by atoms with Crippen LogP contribution in [0.1, 0.15) is 18.9 Å². The lowest BCUT2D eigenvalue weighted by molar-refractivity contribution is -0.159. The fourth-order valence-electron chi connectivity index (χ4n) is 1.97. The molecule has 0 unspecified atom stereocenters. The summed E-state index contributed by atoms with van der Waals surface area (Å²) in [6.07, 6.45) is 1.63. The highest BCUT2D eigenvalue weighted by atomic mass is 79.9. The van der Waals surface area contributed by atoms with Gasteiger partial charge in [0.05, 0.1) is 33.0 Å². The number of carbonyl (C=O) groups is 1. The molecule has 1 N–H and O–H groups in total. The summed E-state index contributed by atoms with van der Waals surface area (Å²) in [5.41, 5.74) is 3.21. The van der Waals surface area contributed by atoms with Crippen molar-refractivity contribution in [2.24, 2.45) is 5.10 Å². The van der Waals surface area contributed by atoms with Gasteiger partial charge in [0.2, 0.25) is 5.91 Å². The number of nitrogens with one attached hydrogen (secondary N) is 1. The van der Waals surface area contributed by atoms with E-state index < -0.39 is 5.79 Å². The number of carbonyl (C=O) groups excluding carboxylic acids is 1.